The quantitative estimate of drug-likeness (QED) is 0.0310. The minimum atomic E-state index is -1.34. The fraction of sp³-hybridized carbons (Fsp3) is 0. The summed E-state index contributed by atoms with van der Waals surface area (Å²) in [6.45, 7) is 0. The molecule has 17 N–H and O–H groups in total. The monoisotopic (exact) mass is 645 g/mol. The first-order valence-electron chi connectivity index (χ1n) is 12.5. The van der Waals surface area contributed by atoms with Gasteiger partial charge in [-0.15, -0.1) is 0 Å². The Kier molecular flexibility index (Phi) is 5.89. The molecule has 0 aliphatic rings. The summed E-state index contributed by atoms with van der Waals surface area (Å²) in [5, 5.41) is 153. The zero-order valence-electron chi connectivity index (χ0n) is 22.8. The van der Waals surface area contributed by atoms with E-state index in [4.69, 9.17) is 26.8 Å². The van der Waals surface area contributed by atoms with Crippen LogP contribution in [0.4, 0.5) is 0 Å². The molecular weight excluding hydrogens is 628 g/mol. The van der Waals surface area contributed by atoms with Gasteiger partial charge in [-0.3, -0.25) is 14.5 Å². The maximum absolute atomic E-state index is 10.9. The molecule has 47 heavy (non-hydrogen) atoms. The number of hydrogen-bond donors (Lipinski definition) is 16. The van der Waals surface area contributed by atoms with Crippen LogP contribution in [0.2, 0.25) is 0 Å². The number of fused-ring (bicyclic) bond motifs is 6. The van der Waals surface area contributed by atoms with E-state index < -0.39 is 147 Å². The smallest absolute Gasteiger partial charge is 0.230 e. The summed E-state index contributed by atoms with van der Waals surface area (Å²) in [7, 11) is 11.6. The lowest BCUT2D eigenvalue weighted by atomic mass is 9.88. The molecule has 0 spiro atoms. The zero-order chi connectivity index (χ0) is 34.9. The first-order valence-corrected chi connectivity index (χ1v) is 12.5. The van der Waals surface area contributed by atoms with Gasteiger partial charge in [-0.2, -0.15) is 4.99 Å². The van der Waals surface area contributed by atoms with E-state index in [1.807, 2.05) is 0 Å². The van der Waals surface area contributed by atoms with E-state index in [2.05, 4.69) is 4.99 Å². The number of rotatable bonds is 0. The van der Waals surface area contributed by atoms with Gasteiger partial charge in [0.25, 0.3) is 0 Å². The number of nitrogens with zero attached hydrogens (tertiary/aromatic N) is 3. The van der Waals surface area contributed by atoms with Crippen LogP contribution in [0.5, 0.6) is 80.5 Å². The summed E-state index contributed by atoms with van der Waals surface area (Å²) in [5.41, 5.74) is 1.40. The largest absolute Gasteiger partial charge is 0.506 e. The molecule has 2 aromatic heterocycles. The third kappa shape index (κ3) is 3.41. The highest BCUT2D eigenvalue weighted by Crippen LogP contribution is 2.56. The Labute approximate surface area is 259 Å². The minimum Gasteiger partial charge on any atom is -0.506 e. The van der Waals surface area contributed by atoms with Crippen LogP contribution in [-0.2, 0) is 0 Å². The lowest BCUT2D eigenvalue weighted by Gasteiger charge is -2.14. The Morgan fingerprint density at radius 2 is 0.745 bits per heavy atom. The van der Waals surface area contributed by atoms with Crippen molar-refractivity contribution in [2.24, 2.45) is 10.7 Å². The molecule has 4 aromatic carbocycles. The van der Waals surface area contributed by atoms with Crippen LogP contribution in [0.1, 0.15) is 0 Å². The molecule has 236 valence electrons. The Morgan fingerprint density at radius 3 is 1.23 bits per heavy atom. The number of benzene rings is 4. The van der Waals surface area contributed by atoms with Crippen LogP contribution in [0.15, 0.2) is 4.99 Å². The minimum absolute atomic E-state index is 0.419. The van der Waals surface area contributed by atoms with Crippen LogP contribution >= 0.6 is 0 Å². The van der Waals surface area contributed by atoms with Crippen LogP contribution in [0.3, 0.4) is 0 Å². The van der Waals surface area contributed by atoms with Crippen molar-refractivity contribution in [3.8, 4) is 80.5 Å². The standard InChI is InChI=1S/C26H17B2N5O14/c27-5-1-2-9(18(41)23(46)20(43)12(2)35)32(7(1)17(40)22(45)15(5)38)25(29)31-26(30)33-8-3(11(34)16(39)6(28)14(8)37)4-10(33)19(42)24(47)21(44)13(4)36/h34-47H,(H3,29,30,31). The van der Waals surface area contributed by atoms with Crippen molar-refractivity contribution in [1.82, 2.24) is 9.13 Å². The molecule has 0 aliphatic carbocycles. The fourth-order valence-corrected chi connectivity index (χ4v) is 5.51. The van der Waals surface area contributed by atoms with Gasteiger partial charge in [0.1, 0.15) is 43.5 Å². The molecule has 0 atom stereocenters. The molecule has 0 saturated carbocycles. The lowest BCUT2D eigenvalue weighted by Crippen LogP contribution is -2.25. The first-order chi connectivity index (χ1) is 21.9. The van der Waals surface area contributed by atoms with Crippen molar-refractivity contribution >= 4 is 82.1 Å². The summed E-state index contributed by atoms with van der Waals surface area (Å²) in [6.07, 6.45) is 0. The molecule has 0 bridgehead atoms. The number of aliphatic imine (C=N–C) groups is 1. The van der Waals surface area contributed by atoms with Crippen LogP contribution in [0.25, 0.3) is 43.6 Å². The highest BCUT2D eigenvalue weighted by atomic mass is 16.4. The van der Waals surface area contributed by atoms with Gasteiger partial charge >= 0.3 is 0 Å². The molecule has 2 heterocycles. The van der Waals surface area contributed by atoms with E-state index in [1.54, 1.807) is 0 Å². The SMILES string of the molecule is [B]c1c(O)c(O)c2c3c(O)c(O)c(O)c(O)c3n(C(N)=NC(=N)n3c4c(O)c(O)c(O)c([B])c4c4c(O)c(O)c(O)c(O)c43)c2c1O. The van der Waals surface area contributed by atoms with E-state index in [1.165, 1.54) is 0 Å². The van der Waals surface area contributed by atoms with Gasteiger partial charge in [-0.1, -0.05) is 0 Å². The van der Waals surface area contributed by atoms with E-state index in [0.29, 0.717) is 9.13 Å². The van der Waals surface area contributed by atoms with Crippen LogP contribution < -0.4 is 16.7 Å². The van der Waals surface area contributed by atoms with Crippen LogP contribution in [0, 0.1) is 5.41 Å². The van der Waals surface area contributed by atoms with E-state index in [9.17, 15) is 71.5 Å². The summed E-state index contributed by atoms with van der Waals surface area (Å²) in [5.74, 6) is -19.4. The van der Waals surface area contributed by atoms with Gasteiger partial charge in [0, 0.05) is 5.39 Å². The number of hydrogen-bond acceptors (Lipinski definition) is 15. The average Bonchev–Trinajstić information content (AvgIpc) is 3.59. The number of aromatic hydroxyl groups is 14. The zero-order valence-corrected chi connectivity index (χ0v) is 22.8. The molecule has 0 unspecified atom stereocenters. The normalized spacial score (nSPS) is 12.2. The van der Waals surface area contributed by atoms with Gasteiger partial charge in [0.05, 0.1) is 16.2 Å². The molecule has 0 fully saturated rings. The molecule has 0 amide bonds. The molecule has 0 aliphatic heterocycles. The van der Waals surface area contributed by atoms with Crippen molar-refractivity contribution in [2.75, 3.05) is 0 Å². The third-order valence-corrected chi connectivity index (χ3v) is 7.66. The lowest BCUT2D eigenvalue weighted by molar-refractivity contribution is 0.350. The van der Waals surface area contributed by atoms with Crippen LogP contribution in [-0.4, -0.2) is 108 Å². The molecule has 19 nitrogen and oxygen atoms in total. The van der Waals surface area contributed by atoms with Crippen molar-refractivity contribution in [2.45, 2.75) is 0 Å². The van der Waals surface area contributed by atoms with Gasteiger partial charge in [-0.25, -0.2) is 0 Å². The number of nitrogens with two attached hydrogens (primary N) is 1. The van der Waals surface area contributed by atoms with Gasteiger partial charge in [0.15, 0.2) is 46.0 Å². The summed E-state index contributed by atoms with van der Waals surface area (Å²) in [6, 6.07) is 0. The summed E-state index contributed by atoms with van der Waals surface area (Å²) < 4.78 is 0.910. The predicted molar refractivity (Wildman–Crippen MR) is 163 cm³/mol. The maximum atomic E-state index is 10.9. The Bertz CT molecular complexity index is 2370. The Hall–Kier alpha value is -7.05. The van der Waals surface area contributed by atoms with E-state index in [-0.39, 0.29) is 0 Å². The Balaban J connectivity index is 1.80. The highest BCUT2D eigenvalue weighted by molar-refractivity contribution is 6.45. The molecule has 21 heteroatoms. The van der Waals surface area contributed by atoms with Gasteiger partial charge in [-0.05, 0) is 10.9 Å². The van der Waals surface area contributed by atoms with Crippen molar-refractivity contribution in [3.63, 3.8) is 0 Å². The first kappa shape index (κ1) is 30.0. The topological polar surface area (TPSA) is 355 Å². The second kappa shape index (κ2) is 9.23. The van der Waals surface area contributed by atoms with E-state index >= 15 is 0 Å². The molecule has 6 rings (SSSR count). The second-order valence-electron chi connectivity index (χ2n) is 10.1. The fourth-order valence-electron chi connectivity index (χ4n) is 5.51. The summed E-state index contributed by atoms with van der Waals surface area (Å²) >= 11 is 0. The highest BCUT2D eigenvalue weighted by Gasteiger charge is 2.34. The maximum Gasteiger partial charge on any atom is 0.230 e. The average molecular weight is 645 g/mol. The number of nitrogens with one attached hydrogen (secondary N) is 1. The Morgan fingerprint density at radius 1 is 0.426 bits per heavy atom. The second-order valence-corrected chi connectivity index (χ2v) is 10.1. The third-order valence-electron chi connectivity index (χ3n) is 7.66. The summed E-state index contributed by atoms with van der Waals surface area (Å²) in [4.78, 5) is 3.79. The van der Waals surface area contributed by atoms with Crippen molar-refractivity contribution < 1.29 is 71.5 Å². The van der Waals surface area contributed by atoms with Crippen molar-refractivity contribution in [3.05, 3.63) is 0 Å². The van der Waals surface area contributed by atoms with Gasteiger partial charge in [0.2, 0.25) is 40.7 Å². The number of phenols is 14. The van der Waals surface area contributed by atoms with Gasteiger partial charge < -0.3 is 77.2 Å². The predicted octanol–water partition coefficient (Wildman–Crippen LogP) is -0.986. The number of phenolic OH excluding ortho intramolecular Hbond substituents is 14. The molecular formula is C26H17B2N5O14. The molecule has 0 saturated heterocycles. The molecule has 6 aromatic rings. The van der Waals surface area contributed by atoms with Crippen molar-refractivity contribution in [1.29, 1.82) is 5.41 Å². The van der Waals surface area contributed by atoms with E-state index in [0.717, 1.165) is 0 Å². The number of aromatic nitrogens is 2. The molecule has 4 radical (unpaired) electrons.